The summed E-state index contributed by atoms with van der Waals surface area (Å²) in [7, 11) is 3.71. The maximum atomic E-state index is 4.65. The van der Waals surface area contributed by atoms with Gasteiger partial charge >= 0.3 is 0 Å². The molecule has 23 heavy (non-hydrogen) atoms. The zero-order valence-electron chi connectivity index (χ0n) is 13.5. The van der Waals surface area contributed by atoms with Crippen LogP contribution in [-0.4, -0.2) is 24.0 Å². The van der Waals surface area contributed by atoms with Crippen molar-refractivity contribution in [2.24, 2.45) is 0 Å². The third kappa shape index (κ3) is 3.67. The predicted octanol–water partition coefficient (Wildman–Crippen LogP) is 3.77. The van der Waals surface area contributed by atoms with Crippen molar-refractivity contribution >= 4 is 18.5 Å². The average molecular weight is 320 g/mol. The van der Waals surface area contributed by atoms with Gasteiger partial charge in [0, 0.05) is 6.20 Å². The van der Waals surface area contributed by atoms with Crippen molar-refractivity contribution in [3.8, 4) is 0 Å². The lowest BCUT2D eigenvalue weighted by Gasteiger charge is -2.33. The molecule has 1 unspecified atom stereocenters. The second kappa shape index (κ2) is 7.50. The molecule has 0 radical (unpaired) electrons. The van der Waals surface area contributed by atoms with E-state index in [-0.39, 0.29) is 5.78 Å². The van der Waals surface area contributed by atoms with Gasteiger partial charge < -0.3 is 0 Å². The molecule has 0 saturated carbocycles. The van der Waals surface area contributed by atoms with Crippen molar-refractivity contribution in [1.29, 1.82) is 0 Å². The molecule has 3 aromatic rings. The number of rotatable bonds is 5. The topological polar surface area (TPSA) is 16.1 Å². The highest BCUT2D eigenvalue weighted by molar-refractivity contribution is 7.73. The van der Waals surface area contributed by atoms with E-state index in [0.717, 1.165) is 5.69 Å². The summed E-state index contributed by atoms with van der Waals surface area (Å²) in [5.41, 5.74) is 1.12. The van der Waals surface area contributed by atoms with Gasteiger partial charge in [-0.1, -0.05) is 66.7 Å². The number of aromatic nitrogens is 1. The van der Waals surface area contributed by atoms with Crippen molar-refractivity contribution in [2.45, 2.75) is 5.78 Å². The Morgan fingerprint density at radius 3 is 1.70 bits per heavy atom. The van der Waals surface area contributed by atoms with Crippen LogP contribution in [0.4, 0.5) is 0 Å². The summed E-state index contributed by atoms with van der Waals surface area (Å²) < 4.78 is 0. The SMILES string of the molecule is CN(C)C(c1ccccn1)P(c1ccccc1)c1ccccc1. The summed E-state index contributed by atoms with van der Waals surface area (Å²) in [6.07, 6.45) is 1.88. The Labute approximate surface area is 139 Å². The highest BCUT2D eigenvalue weighted by Gasteiger charge is 2.28. The van der Waals surface area contributed by atoms with Gasteiger partial charge in [-0.2, -0.15) is 0 Å². The number of benzene rings is 2. The maximum Gasteiger partial charge on any atom is 0.0799 e. The summed E-state index contributed by atoms with van der Waals surface area (Å²) in [6, 6.07) is 27.8. The van der Waals surface area contributed by atoms with Crippen molar-refractivity contribution in [3.63, 3.8) is 0 Å². The molecular weight excluding hydrogens is 299 g/mol. The normalized spacial score (nSPS) is 12.5. The zero-order chi connectivity index (χ0) is 16.1. The molecule has 0 aliphatic carbocycles. The minimum Gasteiger partial charge on any atom is -0.297 e. The standard InChI is InChI=1S/C20H21N2P/c1-22(2)20(19-15-9-10-16-21-19)23(17-11-5-3-6-12-17)18-13-7-4-8-14-18/h3-16,20H,1-2H3. The fourth-order valence-electron chi connectivity index (χ4n) is 2.77. The molecule has 0 bridgehead atoms. The molecule has 0 aliphatic heterocycles. The minimum atomic E-state index is -0.567. The second-order valence-corrected chi connectivity index (χ2v) is 7.89. The molecule has 3 rings (SSSR count). The van der Waals surface area contributed by atoms with Gasteiger partial charge in [0.25, 0.3) is 0 Å². The summed E-state index contributed by atoms with van der Waals surface area (Å²) in [5.74, 6) is 0.246. The van der Waals surface area contributed by atoms with E-state index < -0.39 is 7.92 Å². The molecule has 0 fully saturated rings. The predicted molar refractivity (Wildman–Crippen MR) is 99.7 cm³/mol. The first-order valence-electron chi connectivity index (χ1n) is 7.74. The Kier molecular flexibility index (Phi) is 5.17. The largest absolute Gasteiger partial charge is 0.297 e. The van der Waals surface area contributed by atoms with Gasteiger partial charge in [-0.05, 0) is 44.8 Å². The lowest BCUT2D eigenvalue weighted by Crippen LogP contribution is -2.27. The second-order valence-electron chi connectivity index (χ2n) is 5.63. The fraction of sp³-hybridized carbons (Fsp3) is 0.150. The Morgan fingerprint density at radius 1 is 0.739 bits per heavy atom. The minimum absolute atomic E-state index is 0.246. The highest BCUT2D eigenvalue weighted by atomic mass is 31.1. The third-order valence-corrected chi connectivity index (χ3v) is 6.68. The molecule has 0 saturated heterocycles. The molecule has 0 aliphatic rings. The summed E-state index contributed by atoms with van der Waals surface area (Å²) in [4.78, 5) is 6.93. The smallest absolute Gasteiger partial charge is 0.0799 e. The highest BCUT2D eigenvalue weighted by Crippen LogP contribution is 2.49. The van der Waals surface area contributed by atoms with Crippen LogP contribution in [0, 0.1) is 0 Å². The van der Waals surface area contributed by atoms with Crippen LogP contribution < -0.4 is 10.6 Å². The summed E-state index contributed by atoms with van der Waals surface area (Å²) in [5, 5.41) is 2.75. The zero-order valence-corrected chi connectivity index (χ0v) is 14.4. The van der Waals surface area contributed by atoms with E-state index >= 15 is 0 Å². The van der Waals surface area contributed by atoms with E-state index in [4.69, 9.17) is 0 Å². The van der Waals surface area contributed by atoms with Crippen molar-refractivity contribution in [1.82, 2.24) is 9.88 Å². The first-order chi connectivity index (χ1) is 11.3. The van der Waals surface area contributed by atoms with E-state index in [9.17, 15) is 0 Å². The number of hydrogen-bond donors (Lipinski definition) is 0. The van der Waals surface area contributed by atoms with Gasteiger partial charge in [0.05, 0.1) is 11.5 Å². The van der Waals surface area contributed by atoms with Gasteiger partial charge in [-0.15, -0.1) is 0 Å². The van der Waals surface area contributed by atoms with Crippen molar-refractivity contribution in [2.75, 3.05) is 14.1 Å². The van der Waals surface area contributed by atoms with E-state index in [1.54, 1.807) is 0 Å². The van der Waals surface area contributed by atoms with Crippen LogP contribution in [0.3, 0.4) is 0 Å². The molecule has 0 spiro atoms. The van der Waals surface area contributed by atoms with Crippen molar-refractivity contribution < 1.29 is 0 Å². The Hall–Kier alpha value is -2.02. The van der Waals surface area contributed by atoms with Gasteiger partial charge in [0.2, 0.25) is 0 Å². The van der Waals surface area contributed by atoms with Crippen LogP contribution in [0.1, 0.15) is 11.5 Å². The Balaban J connectivity index is 2.13. The molecule has 2 nitrogen and oxygen atoms in total. The van der Waals surface area contributed by atoms with E-state index in [1.807, 2.05) is 12.3 Å². The van der Waals surface area contributed by atoms with E-state index in [2.05, 4.69) is 96.8 Å². The average Bonchev–Trinajstić information content (AvgIpc) is 2.61. The first-order valence-corrected chi connectivity index (χ1v) is 9.15. The van der Waals surface area contributed by atoms with Crippen LogP contribution in [0.5, 0.6) is 0 Å². The van der Waals surface area contributed by atoms with Gasteiger partial charge in [0.1, 0.15) is 0 Å². The molecule has 1 atom stereocenters. The lowest BCUT2D eigenvalue weighted by atomic mass is 10.3. The lowest BCUT2D eigenvalue weighted by molar-refractivity contribution is 0.381. The number of hydrogen-bond acceptors (Lipinski definition) is 2. The number of nitrogens with zero attached hydrogens (tertiary/aromatic N) is 2. The van der Waals surface area contributed by atoms with E-state index in [0.29, 0.717) is 0 Å². The fourth-order valence-corrected chi connectivity index (χ4v) is 5.49. The van der Waals surface area contributed by atoms with E-state index in [1.165, 1.54) is 10.6 Å². The third-order valence-electron chi connectivity index (χ3n) is 3.75. The molecule has 1 heterocycles. The quantitative estimate of drug-likeness (QED) is 0.665. The molecule has 2 aromatic carbocycles. The van der Waals surface area contributed by atoms with Gasteiger partial charge in [0.15, 0.2) is 0 Å². The van der Waals surface area contributed by atoms with Crippen LogP contribution in [0.2, 0.25) is 0 Å². The van der Waals surface area contributed by atoms with Gasteiger partial charge in [-0.25, -0.2) is 0 Å². The van der Waals surface area contributed by atoms with Crippen molar-refractivity contribution in [3.05, 3.63) is 90.8 Å². The van der Waals surface area contributed by atoms with Crippen LogP contribution in [-0.2, 0) is 0 Å². The molecule has 0 amide bonds. The first kappa shape index (κ1) is 15.9. The van der Waals surface area contributed by atoms with Gasteiger partial charge in [-0.3, -0.25) is 9.88 Å². The molecule has 116 valence electrons. The molecule has 3 heteroatoms. The Morgan fingerprint density at radius 2 is 1.26 bits per heavy atom. The maximum absolute atomic E-state index is 4.65. The molecule has 1 aromatic heterocycles. The van der Waals surface area contributed by atoms with Crippen LogP contribution >= 0.6 is 7.92 Å². The number of pyridine rings is 1. The molecular formula is C20H21N2P. The van der Waals surface area contributed by atoms with Crippen LogP contribution in [0.15, 0.2) is 85.1 Å². The summed E-state index contributed by atoms with van der Waals surface area (Å²) in [6.45, 7) is 0. The monoisotopic (exact) mass is 320 g/mol. The summed E-state index contributed by atoms with van der Waals surface area (Å²) >= 11 is 0. The van der Waals surface area contributed by atoms with Crippen LogP contribution in [0.25, 0.3) is 0 Å². The molecule has 0 N–H and O–H groups in total. The Bertz CT molecular complexity index is 675.